The number of ether oxygens (including phenoxy) is 2. The van der Waals surface area contributed by atoms with Crippen molar-refractivity contribution in [2.24, 2.45) is 10.7 Å². The second kappa shape index (κ2) is 9.04. The fourth-order valence-electron chi connectivity index (χ4n) is 4.41. The molecule has 1 atom stereocenters. The van der Waals surface area contributed by atoms with Crippen LogP contribution < -0.4 is 10.5 Å². The molecule has 3 heterocycles. The van der Waals surface area contributed by atoms with Gasteiger partial charge in [0.2, 0.25) is 0 Å². The minimum atomic E-state index is -0.0485. The van der Waals surface area contributed by atoms with Crippen LogP contribution in [0.4, 0.5) is 0 Å². The van der Waals surface area contributed by atoms with E-state index in [1.807, 2.05) is 6.92 Å². The van der Waals surface area contributed by atoms with Gasteiger partial charge in [-0.1, -0.05) is 30.2 Å². The summed E-state index contributed by atoms with van der Waals surface area (Å²) in [7, 11) is 0. The number of aliphatic imine (C=N–C) groups is 1. The number of nitrogens with two attached hydrogens (primary N) is 1. The molecular weight excluding hydrogens is 386 g/mol. The van der Waals surface area contributed by atoms with Crippen molar-refractivity contribution < 1.29 is 9.47 Å². The maximum atomic E-state index is 6.39. The molecule has 1 aromatic rings. The molecule has 2 aliphatic heterocycles. The summed E-state index contributed by atoms with van der Waals surface area (Å²) in [5.74, 6) is 1.46. The third kappa shape index (κ3) is 4.17. The van der Waals surface area contributed by atoms with Gasteiger partial charge in [0, 0.05) is 31.9 Å². The molecule has 8 heteroatoms. The van der Waals surface area contributed by atoms with E-state index >= 15 is 0 Å². The number of amidine groups is 1. The van der Waals surface area contributed by atoms with Crippen LogP contribution in [0.2, 0.25) is 0 Å². The molecule has 0 radical (unpaired) electrons. The summed E-state index contributed by atoms with van der Waals surface area (Å²) >= 11 is 1.67. The average Bonchev–Trinajstić information content (AvgIpc) is 2.90. The van der Waals surface area contributed by atoms with Crippen molar-refractivity contribution in [3.05, 3.63) is 35.4 Å². The fraction of sp³-hybridized carbons (Fsp3) is 0.619. The SMILES string of the molecule is CCOCc1nc2c(n1CC1(NSC)CCOCC1)C1=CC=CCCC1N=C2N. The molecule has 0 bridgehead atoms. The molecule has 3 aliphatic rings. The Kier molecular flexibility index (Phi) is 6.44. The standard InChI is InChI=1S/C21H31N5O2S/c1-3-27-13-17-24-18-19(15-7-5-4-6-8-16(15)23-20(18)22)26(17)14-21(25-29-2)9-11-28-12-10-21/h4-5,7,16,25H,3,6,8-14H2,1-2H3,(H2,22,23). The zero-order chi connectivity index (χ0) is 20.3. The lowest BCUT2D eigenvalue weighted by atomic mass is 9.90. The van der Waals surface area contributed by atoms with Gasteiger partial charge in [0.15, 0.2) is 0 Å². The summed E-state index contributed by atoms with van der Waals surface area (Å²) < 4.78 is 17.4. The highest BCUT2D eigenvalue weighted by atomic mass is 32.2. The van der Waals surface area contributed by atoms with E-state index < -0.39 is 0 Å². The van der Waals surface area contributed by atoms with Crippen molar-refractivity contribution in [1.82, 2.24) is 14.3 Å². The number of fused-ring (bicyclic) bond motifs is 3. The van der Waals surface area contributed by atoms with Gasteiger partial charge >= 0.3 is 0 Å². The Morgan fingerprint density at radius 1 is 1.41 bits per heavy atom. The first-order valence-electron chi connectivity index (χ1n) is 10.4. The molecule has 0 aromatic carbocycles. The van der Waals surface area contributed by atoms with Crippen LogP contribution in [0.5, 0.6) is 0 Å². The monoisotopic (exact) mass is 417 g/mol. The molecule has 0 spiro atoms. The minimum absolute atomic E-state index is 0.0485. The molecule has 0 amide bonds. The molecule has 1 fully saturated rings. The lowest BCUT2D eigenvalue weighted by Crippen LogP contribution is -2.50. The lowest BCUT2D eigenvalue weighted by molar-refractivity contribution is 0.0401. The summed E-state index contributed by atoms with van der Waals surface area (Å²) in [5.41, 5.74) is 9.45. The van der Waals surface area contributed by atoms with Crippen molar-refractivity contribution in [3.8, 4) is 0 Å². The molecule has 158 valence electrons. The van der Waals surface area contributed by atoms with E-state index in [1.165, 1.54) is 5.57 Å². The fourth-order valence-corrected chi connectivity index (χ4v) is 5.11. The average molecular weight is 418 g/mol. The third-order valence-electron chi connectivity index (χ3n) is 5.90. The van der Waals surface area contributed by atoms with E-state index in [0.29, 0.717) is 19.0 Å². The molecule has 29 heavy (non-hydrogen) atoms. The molecule has 0 saturated carbocycles. The molecule has 1 saturated heterocycles. The number of aromatic nitrogens is 2. The zero-order valence-corrected chi connectivity index (χ0v) is 18.1. The first-order chi connectivity index (χ1) is 14.2. The van der Waals surface area contributed by atoms with Crippen molar-refractivity contribution in [2.75, 3.05) is 26.1 Å². The number of allylic oxidation sites excluding steroid dienone is 3. The van der Waals surface area contributed by atoms with Crippen LogP contribution in [0.1, 0.15) is 49.8 Å². The second-order valence-corrected chi connectivity index (χ2v) is 8.42. The smallest absolute Gasteiger partial charge is 0.147 e. The van der Waals surface area contributed by atoms with Gasteiger partial charge in [0.05, 0.1) is 17.3 Å². The highest BCUT2D eigenvalue weighted by Gasteiger charge is 2.37. The summed E-state index contributed by atoms with van der Waals surface area (Å²) in [6.45, 7) is 5.47. The topological polar surface area (TPSA) is 86.7 Å². The molecule has 4 rings (SSSR count). The van der Waals surface area contributed by atoms with Gasteiger partial charge in [-0.2, -0.15) is 0 Å². The van der Waals surface area contributed by atoms with Crippen LogP contribution >= 0.6 is 11.9 Å². The van der Waals surface area contributed by atoms with E-state index in [1.54, 1.807) is 11.9 Å². The first kappa shape index (κ1) is 20.7. The van der Waals surface area contributed by atoms with Crippen LogP contribution in [0.15, 0.2) is 23.2 Å². The van der Waals surface area contributed by atoms with Crippen LogP contribution in [-0.4, -0.2) is 53.0 Å². The van der Waals surface area contributed by atoms with Crippen molar-refractivity contribution in [2.45, 2.75) is 57.3 Å². The maximum absolute atomic E-state index is 6.39. The van der Waals surface area contributed by atoms with E-state index in [-0.39, 0.29) is 11.6 Å². The lowest BCUT2D eigenvalue weighted by Gasteiger charge is -2.38. The first-order valence-corrected chi connectivity index (χ1v) is 11.7. The van der Waals surface area contributed by atoms with Gasteiger partial charge in [0.1, 0.15) is 24.0 Å². The number of rotatable bonds is 7. The predicted molar refractivity (Wildman–Crippen MR) is 118 cm³/mol. The Bertz CT molecular complexity index is 818. The maximum Gasteiger partial charge on any atom is 0.147 e. The summed E-state index contributed by atoms with van der Waals surface area (Å²) in [6, 6.07) is 0.0899. The predicted octanol–water partition coefficient (Wildman–Crippen LogP) is 2.66. The van der Waals surface area contributed by atoms with Crippen molar-refractivity contribution >= 4 is 23.4 Å². The van der Waals surface area contributed by atoms with E-state index in [2.05, 4.69) is 33.8 Å². The van der Waals surface area contributed by atoms with Crippen LogP contribution in [0.3, 0.4) is 0 Å². The van der Waals surface area contributed by atoms with Crippen molar-refractivity contribution in [3.63, 3.8) is 0 Å². The number of nitrogens with zero attached hydrogens (tertiary/aromatic N) is 3. The molecule has 1 aliphatic carbocycles. The van der Waals surface area contributed by atoms with E-state index in [9.17, 15) is 0 Å². The normalized spacial score (nSPS) is 23.0. The minimum Gasteiger partial charge on any atom is -0.382 e. The largest absolute Gasteiger partial charge is 0.382 e. The quantitative estimate of drug-likeness (QED) is 0.664. The van der Waals surface area contributed by atoms with Gasteiger partial charge in [-0.05, 0) is 38.9 Å². The van der Waals surface area contributed by atoms with Crippen molar-refractivity contribution in [1.29, 1.82) is 0 Å². The highest BCUT2D eigenvalue weighted by molar-refractivity contribution is 7.96. The molecule has 3 N–H and O–H groups in total. The Balaban J connectivity index is 1.80. The molecule has 1 unspecified atom stereocenters. The Morgan fingerprint density at radius 3 is 3.00 bits per heavy atom. The van der Waals surface area contributed by atoms with Gasteiger partial charge in [-0.3, -0.25) is 9.71 Å². The number of nitrogens with one attached hydrogen (secondary N) is 1. The van der Waals surface area contributed by atoms with Crippen LogP contribution in [0, 0.1) is 0 Å². The Hall–Kier alpha value is -1.61. The van der Waals surface area contributed by atoms with Crippen LogP contribution in [0.25, 0.3) is 5.57 Å². The number of imidazole rings is 1. The summed E-state index contributed by atoms with van der Waals surface area (Å²) in [5, 5.41) is 0. The van der Waals surface area contributed by atoms with Gasteiger partial charge in [-0.25, -0.2) is 4.98 Å². The van der Waals surface area contributed by atoms with Crippen LogP contribution in [-0.2, 0) is 22.6 Å². The highest BCUT2D eigenvalue weighted by Crippen LogP contribution is 2.36. The summed E-state index contributed by atoms with van der Waals surface area (Å²) in [6.07, 6.45) is 12.5. The van der Waals surface area contributed by atoms with Gasteiger partial charge in [0.25, 0.3) is 0 Å². The zero-order valence-electron chi connectivity index (χ0n) is 17.3. The Morgan fingerprint density at radius 2 is 2.24 bits per heavy atom. The Labute approximate surface area is 177 Å². The summed E-state index contributed by atoms with van der Waals surface area (Å²) in [4.78, 5) is 9.67. The molecular formula is C21H31N5O2S. The van der Waals surface area contributed by atoms with E-state index in [4.69, 9.17) is 25.2 Å². The molecule has 7 nitrogen and oxygen atoms in total. The molecule has 1 aromatic heterocycles. The second-order valence-electron chi connectivity index (χ2n) is 7.81. The van der Waals surface area contributed by atoms with Gasteiger partial charge in [-0.15, -0.1) is 0 Å². The van der Waals surface area contributed by atoms with Gasteiger partial charge < -0.3 is 19.8 Å². The number of hydrogen-bond acceptors (Lipinski definition) is 7. The number of hydrogen-bond donors (Lipinski definition) is 2. The third-order valence-corrected chi connectivity index (χ3v) is 6.54. The van der Waals surface area contributed by atoms with E-state index in [0.717, 1.165) is 62.7 Å².